The summed E-state index contributed by atoms with van der Waals surface area (Å²) in [5.74, 6) is -0.339. The summed E-state index contributed by atoms with van der Waals surface area (Å²) >= 11 is 0. The van der Waals surface area contributed by atoms with Crippen molar-refractivity contribution in [2.24, 2.45) is 0 Å². The molecule has 130 valence electrons. The molecule has 0 heterocycles. The number of rotatable bonds is 14. The van der Waals surface area contributed by atoms with E-state index in [0.717, 1.165) is 12.5 Å². The van der Waals surface area contributed by atoms with Crippen molar-refractivity contribution in [1.82, 2.24) is 0 Å². The Labute approximate surface area is 135 Å². The SMILES string of the molecule is C=C(C)C(=O)OCCC[SiH](C)OCOC(COCC)OCC. The molecule has 0 saturated heterocycles. The summed E-state index contributed by atoms with van der Waals surface area (Å²) in [6.07, 6.45) is 0.405. The van der Waals surface area contributed by atoms with Crippen LogP contribution < -0.4 is 0 Å². The number of esters is 1. The summed E-state index contributed by atoms with van der Waals surface area (Å²) in [6, 6.07) is 0.914. The summed E-state index contributed by atoms with van der Waals surface area (Å²) in [7, 11) is -1.33. The molecule has 0 fully saturated rings. The van der Waals surface area contributed by atoms with Crippen molar-refractivity contribution in [2.45, 2.75) is 46.1 Å². The van der Waals surface area contributed by atoms with E-state index in [4.69, 9.17) is 23.4 Å². The van der Waals surface area contributed by atoms with Crippen LogP contribution in [0.4, 0.5) is 0 Å². The van der Waals surface area contributed by atoms with Crippen molar-refractivity contribution in [3.05, 3.63) is 12.2 Å². The Kier molecular flexibility index (Phi) is 13.4. The van der Waals surface area contributed by atoms with Gasteiger partial charge in [-0.1, -0.05) is 6.58 Å². The molecule has 0 rings (SSSR count). The molecule has 0 amide bonds. The first kappa shape index (κ1) is 21.3. The lowest BCUT2D eigenvalue weighted by atomic mass is 10.4. The van der Waals surface area contributed by atoms with Crippen molar-refractivity contribution < 1.29 is 28.2 Å². The van der Waals surface area contributed by atoms with E-state index in [-0.39, 0.29) is 19.1 Å². The molecular weight excluding hydrogens is 304 g/mol. The molecule has 0 saturated carbocycles. The van der Waals surface area contributed by atoms with Crippen molar-refractivity contribution in [2.75, 3.05) is 33.2 Å². The fourth-order valence-corrected chi connectivity index (χ4v) is 2.74. The van der Waals surface area contributed by atoms with E-state index in [1.165, 1.54) is 0 Å². The number of carbonyl (C=O) groups is 1. The average molecular weight is 334 g/mol. The third-order valence-electron chi connectivity index (χ3n) is 2.75. The average Bonchev–Trinajstić information content (AvgIpc) is 2.48. The van der Waals surface area contributed by atoms with Gasteiger partial charge in [-0.05, 0) is 39.8 Å². The monoisotopic (exact) mass is 334 g/mol. The second-order valence-corrected chi connectivity index (χ2v) is 7.40. The quantitative estimate of drug-likeness (QED) is 0.160. The van der Waals surface area contributed by atoms with Crippen molar-refractivity contribution in [3.8, 4) is 0 Å². The van der Waals surface area contributed by atoms with Crippen molar-refractivity contribution in [1.29, 1.82) is 0 Å². The van der Waals surface area contributed by atoms with Gasteiger partial charge in [0.05, 0.1) is 13.2 Å². The zero-order valence-corrected chi connectivity index (χ0v) is 15.4. The van der Waals surface area contributed by atoms with Gasteiger partial charge in [-0.3, -0.25) is 0 Å². The molecule has 0 radical (unpaired) electrons. The molecule has 0 aromatic heterocycles. The van der Waals surface area contributed by atoms with Gasteiger partial charge in [0, 0.05) is 18.8 Å². The molecule has 6 nitrogen and oxygen atoms in total. The van der Waals surface area contributed by atoms with Crippen LogP contribution >= 0.6 is 0 Å². The van der Waals surface area contributed by atoms with Gasteiger partial charge in [-0.2, -0.15) is 0 Å². The van der Waals surface area contributed by atoms with Crippen LogP contribution in [0.5, 0.6) is 0 Å². The molecule has 0 aromatic carbocycles. The van der Waals surface area contributed by atoms with Crippen LogP contribution in [0.3, 0.4) is 0 Å². The summed E-state index contributed by atoms with van der Waals surface area (Å²) < 4.78 is 26.9. The first-order valence-corrected chi connectivity index (χ1v) is 10.2. The molecule has 2 atom stereocenters. The van der Waals surface area contributed by atoms with E-state index in [1.807, 2.05) is 13.8 Å². The summed E-state index contributed by atoms with van der Waals surface area (Å²) in [5, 5.41) is 0. The maximum atomic E-state index is 11.2. The summed E-state index contributed by atoms with van der Waals surface area (Å²) in [6.45, 7) is 13.3. The van der Waals surface area contributed by atoms with Crippen LogP contribution in [0.2, 0.25) is 12.6 Å². The number of hydrogen-bond donors (Lipinski definition) is 0. The van der Waals surface area contributed by atoms with Crippen LogP contribution in [0, 0.1) is 0 Å². The third kappa shape index (κ3) is 11.9. The second-order valence-electron chi connectivity index (χ2n) is 4.86. The van der Waals surface area contributed by atoms with E-state index in [0.29, 0.717) is 32.0 Å². The third-order valence-corrected chi connectivity index (χ3v) is 4.68. The van der Waals surface area contributed by atoms with Crippen LogP contribution in [0.1, 0.15) is 27.2 Å². The molecule has 0 aliphatic rings. The van der Waals surface area contributed by atoms with E-state index >= 15 is 0 Å². The Hall–Kier alpha value is -0.733. The van der Waals surface area contributed by atoms with Gasteiger partial charge in [0.1, 0.15) is 6.79 Å². The predicted molar refractivity (Wildman–Crippen MR) is 87.2 cm³/mol. The van der Waals surface area contributed by atoms with Gasteiger partial charge in [-0.25, -0.2) is 4.79 Å². The first-order valence-electron chi connectivity index (χ1n) is 7.76. The van der Waals surface area contributed by atoms with Gasteiger partial charge in [0.15, 0.2) is 15.3 Å². The lowest BCUT2D eigenvalue weighted by molar-refractivity contribution is -0.196. The van der Waals surface area contributed by atoms with E-state index in [2.05, 4.69) is 13.1 Å². The Morgan fingerprint density at radius 2 is 1.95 bits per heavy atom. The normalized spacial score (nSPS) is 13.6. The van der Waals surface area contributed by atoms with E-state index < -0.39 is 9.04 Å². The van der Waals surface area contributed by atoms with Crippen LogP contribution in [-0.2, 0) is 28.2 Å². The highest BCUT2D eigenvalue weighted by molar-refractivity contribution is 6.50. The highest BCUT2D eigenvalue weighted by Gasteiger charge is 2.11. The molecule has 2 unspecified atom stereocenters. The first-order chi connectivity index (χ1) is 10.5. The lowest BCUT2D eigenvalue weighted by Gasteiger charge is -2.19. The highest BCUT2D eigenvalue weighted by atomic mass is 28.3. The second kappa shape index (κ2) is 13.9. The molecule has 0 N–H and O–H groups in total. The van der Waals surface area contributed by atoms with Crippen molar-refractivity contribution >= 4 is 15.0 Å². The summed E-state index contributed by atoms with van der Waals surface area (Å²) in [4.78, 5) is 11.2. The van der Waals surface area contributed by atoms with Gasteiger partial charge in [0.25, 0.3) is 0 Å². The molecule has 22 heavy (non-hydrogen) atoms. The molecule has 0 bridgehead atoms. The molecule has 0 aliphatic heterocycles. The van der Waals surface area contributed by atoms with Crippen molar-refractivity contribution in [3.63, 3.8) is 0 Å². The van der Waals surface area contributed by atoms with E-state index in [9.17, 15) is 4.79 Å². The minimum Gasteiger partial charge on any atom is -0.462 e. The van der Waals surface area contributed by atoms with Gasteiger partial charge >= 0.3 is 5.97 Å². The maximum Gasteiger partial charge on any atom is 0.333 e. The Morgan fingerprint density at radius 1 is 1.23 bits per heavy atom. The minimum atomic E-state index is -1.33. The summed E-state index contributed by atoms with van der Waals surface area (Å²) in [5.41, 5.74) is 0.422. The topological polar surface area (TPSA) is 63.2 Å². The minimum absolute atomic E-state index is 0.205. The Balaban J connectivity index is 3.68. The van der Waals surface area contributed by atoms with Crippen LogP contribution in [0.15, 0.2) is 12.2 Å². The Bertz CT molecular complexity index is 310. The molecule has 0 spiro atoms. The van der Waals surface area contributed by atoms with Crippen LogP contribution in [-0.4, -0.2) is 54.5 Å². The van der Waals surface area contributed by atoms with Gasteiger partial charge in [0.2, 0.25) is 0 Å². The Morgan fingerprint density at radius 3 is 2.55 bits per heavy atom. The van der Waals surface area contributed by atoms with Crippen LogP contribution in [0.25, 0.3) is 0 Å². The standard InChI is InChI=1S/C15H30O6Si/c1-6-17-11-14(18-7-2)20-12-21-22(5)10-8-9-19-15(16)13(3)4/h14,22H,3,6-12H2,1-2,4-5H3. The fourth-order valence-electron chi connectivity index (χ4n) is 1.52. The van der Waals surface area contributed by atoms with Gasteiger partial charge in [-0.15, -0.1) is 0 Å². The molecule has 0 aromatic rings. The highest BCUT2D eigenvalue weighted by Crippen LogP contribution is 2.03. The molecule has 7 heteroatoms. The molecule has 0 aliphatic carbocycles. The lowest BCUT2D eigenvalue weighted by Crippen LogP contribution is -2.27. The number of carbonyl (C=O) groups excluding carboxylic acids is 1. The number of ether oxygens (including phenoxy) is 4. The van der Waals surface area contributed by atoms with E-state index in [1.54, 1.807) is 6.92 Å². The number of hydrogen-bond acceptors (Lipinski definition) is 6. The fraction of sp³-hybridized carbons (Fsp3) is 0.800. The molecular formula is C15H30O6Si. The maximum absolute atomic E-state index is 11.2. The zero-order valence-electron chi connectivity index (χ0n) is 14.3. The smallest absolute Gasteiger partial charge is 0.333 e. The largest absolute Gasteiger partial charge is 0.462 e. The van der Waals surface area contributed by atoms with Gasteiger partial charge < -0.3 is 23.4 Å². The predicted octanol–water partition coefficient (Wildman–Crippen LogP) is 2.24. The zero-order chi connectivity index (χ0) is 16.8.